The summed E-state index contributed by atoms with van der Waals surface area (Å²) in [5.41, 5.74) is 7.30. The van der Waals surface area contributed by atoms with Crippen molar-refractivity contribution in [3.05, 3.63) is 30.4 Å². The summed E-state index contributed by atoms with van der Waals surface area (Å²) in [4.78, 5) is 16.4. The van der Waals surface area contributed by atoms with Gasteiger partial charge in [-0.25, -0.2) is 4.52 Å². The lowest BCUT2D eigenvalue weighted by atomic mass is 9.74. The van der Waals surface area contributed by atoms with E-state index in [0.29, 0.717) is 18.7 Å². The first-order chi connectivity index (χ1) is 10.2. The maximum absolute atomic E-state index is 12.4. The number of aromatic nitrogens is 3. The number of fused-ring (bicyclic) bond motifs is 1. The van der Waals surface area contributed by atoms with Gasteiger partial charge in [0.05, 0.1) is 23.5 Å². The molecular formula is C15H21N5O. The summed E-state index contributed by atoms with van der Waals surface area (Å²) in [5.74, 6) is -0.101. The first kappa shape index (κ1) is 14.0. The van der Waals surface area contributed by atoms with Crippen molar-refractivity contribution in [2.24, 2.45) is 11.1 Å². The maximum Gasteiger partial charge on any atom is 0.255 e. The number of amides is 1. The summed E-state index contributed by atoms with van der Waals surface area (Å²) in [6.45, 7) is 1.27. The first-order valence-electron chi connectivity index (χ1n) is 7.50. The zero-order valence-electron chi connectivity index (χ0n) is 12.1. The van der Waals surface area contributed by atoms with E-state index in [1.807, 2.05) is 0 Å². The van der Waals surface area contributed by atoms with Crippen LogP contribution in [-0.4, -0.2) is 33.6 Å². The molecule has 0 aromatic carbocycles. The Morgan fingerprint density at radius 3 is 2.90 bits per heavy atom. The normalized spacial score (nSPS) is 17.8. The molecule has 0 spiro atoms. The minimum Gasteiger partial charge on any atom is -0.351 e. The molecule has 3 N–H and O–H groups in total. The molecule has 1 saturated carbocycles. The van der Waals surface area contributed by atoms with Crippen LogP contribution in [0.25, 0.3) is 5.52 Å². The van der Waals surface area contributed by atoms with Crippen LogP contribution in [0.15, 0.2) is 24.8 Å². The quantitative estimate of drug-likeness (QED) is 0.889. The fraction of sp³-hybridized carbons (Fsp3) is 0.533. The van der Waals surface area contributed by atoms with Crippen molar-refractivity contribution in [2.75, 3.05) is 13.1 Å². The monoisotopic (exact) mass is 287 g/mol. The van der Waals surface area contributed by atoms with E-state index in [1.54, 1.807) is 29.3 Å². The van der Waals surface area contributed by atoms with Crippen LogP contribution in [0.2, 0.25) is 0 Å². The van der Waals surface area contributed by atoms with E-state index in [9.17, 15) is 4.79 Å². The molecule has 0 bridgehead atoms. The lowest BCUT2D eigenvalue weighted by Gasteiger charge is -2.36. The topological polar surface area (TPSA) is 85.3 Å². The molecule has 3 rings (SSSR count). The van der Waals surface area contributed by atoms with E-state index < -0.39 is 0 Å². The number of carbonyl (C=O) groups excluding carboxylic acids is 1. The van der Waals surface area contributed by atoms with Crippen LogP contribution >= 0.6 is 0 Å². The highest BCUT2D eigenvalue weighted by atomic mass is 16.1. The van der Waals surface area contributed by atoms with Crippen LogP contribution in [0.5, 0.6) is 0 Å². The van der Waals surface area contributed by atoms with Gasteiger partial charge in [-0.1, -0.05) is 19.3 Å². The van der Waals surface area contributed by atoms with E-state index in [4.69, 9.17) is 5.73 Å². The van der Waals surface area contributed by atoms with Crippen LogP contribution < -0.4 is 11.1 Å². The van der Waals surface area contributed by atoms with Crippen molar-refractivity contribution in [3.8, 4) is 0 Å². The predicted octanol–water partition coefficient (Wildman–Crippen LogP) is 1.37. The van der Waals surface area contributed by atoms with Gasteiger partial charge in [0.2, 0.25) is 0 Å². The summed E-state index contributed by atoms with van der Waals surface area (Å²) in [6.07, 6.45) is 12.5. The second-order valence-electron chi connectivity index (χ2n) is 5.91. The van der Waals surface area contributed by atoms with Gasteiger partial charge in [-0.05, 0) is 24.8 Å². The first-order valence-corrected chi connectivity index (χ1v) is 7.50. The van der Waals surface area contributed by atoms with Crippen LogP contribution in [0.4, 0.5) is 0 Å². The molecule has 21 heavy (non-hydrogen) atoms. The second-order valence-corrected chi connectivity index (χ2v) is 5.91. The number of hydrogen-bond acceptors (Lipinski definition) is 4. The van der Waals surface area contributed by atoms with Gasteiger partial charge in [0.1, 0.15) is 0 Å². The third-order valence-electron chi connectivity index (χ3n) is 4.54. The van der Waals surface area contributed by atoms with Crippen molar-refractivity contribution >= 4 is 11.4 Å². The SMILES string of the molecule is NCC1(CNC(=O)c2cnn3ccncc23)CCCCC1. The Balaban J connectivity index is 1.71. The summed E-state index contributed by atoms with van der Waals surface area (Å²) < 4.78 is 1.65. The molecule has 0 saturated heterocycles. The number of carbonyl (C=O) groups is 1. The molecule has 112 valence electrons. The molecule has 0 unspecified atom stereocenters. The van der Waals surface area contributed by atoms with E-state index in [0.717, 1.165) is 18.4 Å². The molecule has 2 aromatic heterocycles. The third-order valence-corrected chi connectivity index (χ3v) is 4.54. The Hall–Kier alpha value is -1.95. The maximum atomic E-state index is 12.4. The molecule has 0 atom stereocenters. The van der Waals surface area contributed by atoms with Crippen LogP contribution in [0.3, 0.4) is 0 Å². The highest BCUT2D eigenvalue weighted by Gasteiger charge is 2.31. The molecule has 6 nitrogen and oxygen atoms in total. The Bertz CT molecular complexity index is 630. The molecule has 1 fully saturated rings. The number of rotatable bonds is 4. The predicted molar refractivity (Wildman–Crippen MR) is 79.9 cm³/mol. The lowest BCUT2D eigenvalue weighted by Crippen LogP contribution is -2.43. The number of hydrogen-bond donors (Lipinski definition) is 2. The molecular weight excluding hydrogens is 266 g/mol. The fourth-order valence-electron chi connectivity index (χ4n) is 3.13. The van der Waals surface area contributed by atoms with Crippen molar-refractivity contribution in [1.82, 2.24) is 19.9 Å². The molecule has 6 heteroatoms. The Kier molecular flexibility index (Phi) is 3.88. The van der Waals surface area contributed by atoms with Gasteiger partial charge in [0, 0.05) is 18.9 Å². The standard InChI is InChI=1S/C15H21N5O/c16-10-15(4-2-1-3-5-15)11-18-14(21)12-8-19-20-7-6-17-9-13(12)20/h6-9H,1-5,10-11,16H2,(H,18,21). The highest BCUT2D eigenvalue weighted by Crippen LogP contribution is 2.34. The minimum absolute atomic E-state index is 0.0646. The summed E-state index contributed by atoms with van der Waals surface area (Å²) >= 11 is 0. The van der Waals surface area contributed by atoms with Gasteiger partial charge in [0.25, 0.3) is 5.91 Å². The zero-order valence-corrected chi connectivity index (χ0v) is 12.1. The van der Waals surface area contributed by atoms with E-state index >= 15 is 0 Å². The molecule has 2 aromatic rings. The third kappa shape index (κ3) is 2.76. The minimum atomic E-state index is -0.101. The second kappa shape index (κ2) is 5.81. The molecule has 2 heterocycles. The molecule has 1 aliphatic rings. The van der Waals surface area contributed by atoms with Crippen molar-refractivity contribution < 1.29 is 4.79 Å². The van der Waals surface area contributed by atoms with Crippen LogP contribution in [0, 0.1) is 5.41 Å². The van der Waals surface area contributed by atoms with Crippen molar-refractivity contribution in [1.29, 1.82) is 0 Å². The molecule has 1 aliphatic carbocycles. The molecule has 0 radical (unpaired) electrons. The van der Waals surface area contributed by atoms with Gasteiger partial charge >= 0.3 is 0 Å². The van der Waals surface area contributed by atoms with Gasteiger partial charge in [0.15, 0.2) is 0 Å². The van der Waals surface area contributed by atoms with Gasteiger partial charge in [-0.15, -0.1) is 0 Å². The summed E-state index contributed by atoms with van der Waals surface area (Å²) in [6, 6.07) is 0. The highest BCUT2D eigenvalue weighted by molar-refractivity contribution is 6.00. The zero-order chi connectivity index (χ0) is 14.7. The fourth-order valence-corrected chi connectivity index (χ4v) is 3.13. The van der Waals surface area contributed by atoms with Crippen molar-refractivity contribution in [2.45, 2.75) is 32.1 Å². The Morgan fingerprint density at radius 1 is 1.33 bits per heavy atom. The lowest BCUT2D eigenvalue weighted by molar-refractivity contribution is 0.0915. The number of nitrogens with one attached hydrogen (secondary N) is 1. The Morgan fingerprint density at radius 2 is 2.14 bits per heavy atom. The summed E-state index contributed by atoms with van der Waals surface area (Å²) in [7, 11) is 0. The van der Waals surface area contributed by atoms with Crippen LogP contribution in [-0.2, 0) is 0 Å². The van der Waals surface area contributed by atoms with E-state index in [2.05, 4.69) is 15.4 Å². The number of nitrogens with zero attached hydrogens (tertiary/aromatic N) is 3. The average molecular weight is 287 g/mol. The average Bonchev–Trinajstić information content (AvgIpc) is 2.98. The van der Waals surface area contributed by atoms with Gasteiger partial charge in [-0.2, -0.15) is 5.10 Å². The molecule has 0 aliphatic heterocycles. The van der Waals surface area contributed by atoms with Crippen molar-refractivity contribution in [3.63, 3.8) is 0 Å². The summed E-state index contributed by atoms with van der Waals surface area (Å²) in [5, 5.41) is 7.20. The van der Waals surface area contributed by atoms with Crippen LogP contribution in [0.1, 0.15) is 42.5 Å². The van der Waals surface area contributed by atoms with E-state index in [1.165, 1.54) is 19.3 Å². The largest absolute Gasteiger partial charge is 0.351 e. The molecule has 1 amide bonds. The number of nitrogens with two attached hydrogens (primary N) is 1. The van der Waals surface area contributed by atoms with E-state index in [-0.39, 0.29) is 11.3 Å². The van der Waals surface area contributed by atoms with Gasteiger partial charge < -0.3 is 11.1 Å². The van der Waals surface area contributed by atoms with Gasteiger partial charge in [-0.3, -0.25) is 9.78 Å². The Labute approximate surface area is 123 Å². The smallest absolute Gasteiger partial charge is 0.255 e.